The molecule has 2 fully saturated rings. The van der Waals surface area contributed by atoms with Gasteiger partial charge in [-0.3, -0.25) is 24.5 Å². The Morgan fingerprint density at radius 3 is 2.24 bits per heavy atom. The number of carbonyl (C=O) groups excluding carboxylic acids is 4. The van der Waals surface area contributed by atoms with Gasteiger partial charge < -0.3 is 24.5 Å². The molecule has 4 amide bonds. The van der Waals surface area contributed by atoms with Crippen LogP contribution in [0.15, 0.2) is 48.5 Å². The topological polar surface area (TPSA) is 96.5 Å². The lowest BCUT2D eigenvalue weighted by molar-refractivity contribution is -0.132. The second-order valence-electron chi connectivity index (χ2n) is 11.3. The minimum atomic E-state index is -0.333. The average molecular weight is 577 g/mol. The maximum atomic E-state index is 13.3. The van der Waals surface area contributed by atoms with Crippen molar-refractivity contribution in [1.82, 2.24) is 20.0 Å². The van der Waals surface area contributed by atoms with Gasteiger partial charge in [-0.1, -0.05) is 18.2 Å². The summed E-state index contributed by atoms with van der Waals surface area (Å²) in [6.07, 6.45) is 4.63. The summed E-state index contributed by atoms with van der Waals surface area (Å²) in [7, 11) is 3.92. The van der Waals surface area contributed by atoms with E-state index in [0.717, 1.165) is 63.5 Å². The number of anilines is 2. The second-order valence-corrected chi connectivity index (χ2v) is 11.3. The zero-order valence-corrected chi connectivity index (χ0v) is 25.0. The van der Waals surface area contributed by atoms with Gasteiger partial charge in [-0.05, 0) is 62.2 Å². The Labute approximate surface area is 249 Å². The van der Waals surface area contributed by atoms with Crippen LogP contribution < -0.4 is 15.1 Å². The van der Waals surface area contributed by atoms with Gasteiger partial charge in [0.2, 0.25) is 18.2 Å². The van der Waals surface area contributed by atoms with Gasteiger partial charge in [0.25, 0.3) is 5.91 Å². The first-order valence-corrected chi connectivity index (χ1v) is 15.0. The fraction of sp³-hybridized carbons (Fsp3) is 0.500. The van der Waals surface area contributed by atoms with E-state index in [0.29, 0.717) is 38.0 Å². The normalized spacial score (nSPS) is 15.5. The highest BCUT2D eigenvalue weighted by Gasteiger charge is 2.23. The molecule has 226 valence electrons. The van der Waals surface area contributed by atoms with Crippen LogP contribution in [0.5, 0.6) is 0 Å². The Bertz CT molecular complexity index is 1210. The van der Waals surface area contributed by atoms with Gasteiger partial charge in [0.15, 0.2) is 0 Å². The molecule has 2 saturated heterocycles. The van der Waals surface area contributed by atoms with E-state index in [-0.39, 0.29) is 24.1 Å². The summed E-state index contributed by atoms with van der Waals surface area (Å²) in [6, 6.07) is 16.0. The van der Waals surface area contributed by atoms with E-state index in [1.807, 2.05) is 46.0 Å². The van der Waals surface area contributed by atoms with Crippen LogP contribution in [0.25, 0.3) is 0 Å². The lowest BCUT2D eigenvalue weighted by Gasteiger charge is -2.36. The molecule has 2 aromatic rings. The zero-order valence-electron chi connectivity index (χ0n) is 25.0. The monoisotopic (exact) mass is 576 g/mol. The molecule has 0 unspecified atom stereocenters. The molecule has 0 aromatic heterocycles. The molecule has 10 nitrogen and oxygen atoms in total. The Kier molecular flexibility index (Phi) is 11.3. The molecule has 0 spiro atoms. The van der Waals surface area contributed by atoms with Gasteiger partial charge in [0, 0.05) is 95.7 Å². The third kappa shape index (κ3) is 8.79. The van der Waals surface area contributed by atoms with Crippen LogP contribution in [-0.4, -0.2) is 105 Å². The molecule has 2 aliphatic rings. The second kappa shape index (κ2) is 15.3. The minimum absolute atomic E-state index is 0.000696. The summed E-state index contributed by atoms with van der Waals surface area (Å²) < 4.78 is 0. The van der Waals surface area contributed by atoms with Gasteiger partial charge in [0.1, 0.15) is 0 Å². The number of imide groups is 1. The molecule has 0 saturated carbocycles. The average Bonchev–Trinajstić information content (AvgIpc) is 3.03. The molecular formula is C32H44N6O4. The van der Waals surface area contributed by atoms with Crippen molar-refractivity contribution in [2.24, 2.45) is 0 Å². The molecule has 2 aromatic carbocycles. The lowest BCUT2D eigenvalue weighted by Crippen LogP contribution is -2.48. The van der Waals surface area contributed by atoms with Crippen LogP contribution in [0, 0.1) is 0 Å². The number of nitrogens with one attached hydrogen (secondary N) is 1. The summed E-state index contributed by atoms with van der Waals surface area (Å²) in [6.45, 7) is 6.60. The standard InChI is InChI=1S/C32H44N6O4/c1-34(17-14-31(41)37-15-4-3-5-16-37)24-26-9-11-28(12-10-26)36-19-21-38(22-20-36)32(42)27-7-6-8-29(23-27)35(2)18-13-30(40)33-25-39/h6-12,23,25H,3-5,13-22,24H2,1-2H3,(H,33,39,40). The van der Waals surface area contributed by atoms with Crippen molar-refractivity contribution >= 4 is 35.5 Å². The van der Waals surface area contributed by atoms with E-state index in [4.69, 9.17) is 0 Å². The number of rotatable bonds is 12. The maximum Gasteiger partial charge on any atom is 0.254 e. The Morgan fingerprint density at radius 1 is 0.833 bits per heavy atom. The Balaban J connectivity index is 1.22. The number of piperazine rings is 1. The summed E-state index contributed by atoms with van der Waals surface area (Å²) >= 11 is 0. The van der Waals surface area contributed by atoms with Crippen LogP contribution in [-0.2, 0) is 20.9 Å². The number of carbonyl (C=O) groups is 4. The molecule has 42 heavy (non-hydrogen) atoms. The minimum Gasteiger partial charge on any atom is -0.374 e. The molecule has 1 N–H and O–H groups in total. The van der Waals surface area contributed by atoms with Gasteiger partial charge in [-0.15, -0.1) is 0 Å². The Hall–Kier alpha value is -3.92. The van der Waals surface area contributed by atoms with Gasteiger partial charge in [-0.25, -0.2) is 0 Å². The molecule has 0 atom stereocenters. The third-order valence-corrected chi connectivity index (χ3v) is 8.17. The SMILES string of the molecule is CN(CCC(=O)N1CCCCC1)Cc1ccc(N2CCN(C(=O)c3cccc(N(C)CCC(=O)NC=O)c3)CC2)cc1. The number of benzene rings is 2. The van der Waals surface area contributed by atoms with Crippen molar-refractivity contribution in [3.63, 3.8) is 0 Å². The molecule has 2 aliphatic heterocycles. The van der Waals surface area contributed by atoms with Crippen LogP contribution in [0.1, 0.15) is 48.0 Å². The first kappa shape index (κ1) is 31.0. The van der Waals surface area contributed by atoms with Crippen LogP contribution in [0.3, 0.4) is 0 Å². The number of piperidine rings is 1. The summed E-state index contributed by atoms with van der Waals surface area (Å²) in [5.41, 5.74) is 3.83. The van der Waals surface area contributed by atoms with E-state index in [9.17, 15) is 19.2 Å². The number of hydrogen-bond donors (Lipinski definition) is 1. The Morgan fingerprint density at radius 2 is 1.55 bits per heavy atom. The predicted octanol–water partition coefficient (Wildman–Crippen LogP) is 2.58. The van der Waals surface area contributed by atoms with Crippen LogP contribution in [0.2, 0.25) is 0 Å². The molecule has 0 aliphatic carbocycles. The van der Waals surface area contributed by atoms with Crippen molar-refractivity contribution in [3.8, 4) is 0 Å². The highest BCUT2D eigenvalue weighted by atomic mass is 16.2. The molecule has 0 bridgehead atoms. The predicted molar refractivity (Wildman–Crippen MR) is 164 cm³/mol. The van der Waals surface area contributed by atoms with Gasteiger partial charge in [0.05, 0.1) is 0 Å². The summed E-state index contributed by atoms with van der Waals surface area (Å²) in [5, 5.41) is 2.14. The van der Waals surface area contributed by atoms with E-state index in [2.05, 4.69) is 46.4 Å². The summed E-state index contributed by atoms with van der Waals surface area (Å²) in [5.74, 6) is -0.0617. The van der Waals surface area contributed by atoms with Gasteiger partial charge in [-0.2, -0.15) is 0 Å². The van der Waals surface area contributed by atoms with E-state index in [1.54, 1.807) is 0 Å². The van der Waals surface area contributed by atoms with Crippen LogP contribution >= 0.6 is 0 Å². The third-order valence-electron chi connectivity index (χ3n) is 8.17. The van der Waals surface area contributed by atoms with Crippen molar-refractivity contribution < 1.29 is 19.2 Å². The number of hydrogen-bond acceptors (Lipinski definition) is 7. The van der Waals surface area contributed by atoms with Crippen molar-refractivity contribution in [2.75, 3.05) is 76.3 Å². The highest BCUT2D eigenvalue weighted by Crippen LogP contribution is 2.21. The van der Waals surface area contributed by atoms with E-state index >= 15 is 0 Å². The molecule has 10 heteroatoms. The van der Waals surface area contributed by atoms with Crippen molar-refractivity contribution in [2.45, 2.75) is 38.6 Å². The highest BCUT2D eigenvalue weighted by molar-refractivity contribution is 5.95. The van der Waals surface area contributed by atoms with Crippen LogP contribution in [0.4, 0.5) is 11.4 Å². The fourth-order valence-corrected chi connectivity index (χ4v) is 5.55. The zero-order chi connectivity index (χ0) is 29.9. The smallest absolute Gasteiger partial charge is 0.254 e. The van der Waals surface area contributed by atoms with Crippen molar-refractivity contribution in [3.05, 3.63) is 59.7 Å². The maximum absolute atomic E-state index is 13.3. The lowest BCUT2D eigenvalue weighted by atomic mass is 10.1. The van der Waals surface area contributed by atoms with Crippen molar-refractivity contribution in [1.29, 1.82) is 0 Å². The first-order valence-electron chi connectivity index (χ1n) is 15.0. The van der Waals surface area contributed by atoms with Gasteiger partial charge >= 0.3 is 0 Å². The first-order chi connectivity index (χ1) is 20.3. The number of amides is 4. The quantitative estimate of drug-likeness (QED) is 0.388. The molecule has 4 rings (SSSR count). The van der Waals surface area contributed by atoms with E-state index < -0.39 is 0 Å². The number of nitrogens with zero attached hydrogens (tertiary/aromatic N) is 5. The van der Waals surface area contributed by atoms with E-state index in [1.165, 1.54) is 12.0 Å². The molecular weight excluding hydrogens is 532 g/mol. The summed E-state index contributed by atoms with van der Waals surface area (Å²) in [4.78, 5) is 58.1. The fourth-order valence-electron chi connectivity index (χ4n) is 5.55. The largest absolute Gasteiger partial charge is 0.374 e. The molecule has 0 radical (unpaired) electrons. The number of likely N-dealkylation sites (tertiary alicyclic amines) is 1. The molecule has 2 heterocycles.